The van der Waals surface area contributed by atoms with Crippen LogP contribution in [0, 0.1) is 4.91 Å². The molecule has 0 N–H and O–H groups in total. The van der Waals surface area contributed by atoms with Gasteiger partial charge in [0.25, 0.3) is 0 Å². The van der Waals surface area contributed by atoms with Gasteiger partial charge >= 0.3 is 11.9 Å². The molecule has 1 aromatic carbocycles. The van der Waals surface area contributed by atoms with Crippen LogP contribution in [0.15, 0.2) is 35.4 Å². The smallest absolute Gasteiger partial charge is 0.462 e. The number of ether oxygens (including phenoxy) is 1. The van der Waals surface area contributed by atoms with Gasteiger partial charge in [-0.1, -0.05) is 29.3 Å². The van der Waals surface area contributed by atoms with Crippen LogP contribution in [0.1, 0.15) is 29.9 Å². The van der Waals surface area contributed by atoms with Gasteiger partial charge in [-0.15, -0.1) is 0 Å². The zero-order valence-corrected chi connectivity index (χ0v) is 19.1. The van der Waals surface area contributed by atoms with E-state index in [1.165, 1.54) is 24.2 Å². The van der Waals surface area contributed by atoms with Crippen LogP contribution in [0.5, 0.6) is 0 Å². The van der Waals surface area contributed by atoms with Crippen LogP contribution in [0.25, 0.3) is 11.3 Å². The van der Waals surface area contributed by atoms with E-state index >= 15 is 0 Å². The van der Waals surface area contributed by atoms with Crippen molar-refractivity contribution in [1.29, 1.82) is 0 Å². The maximum atomic E-state index is 13.0. The topological polar surface area (TPSA) is 108 Å². The quantitative estimate of drug-likeness (QED) is 0.357. The molecule has 0 bridgehead atoms. The summed E-state index contributed by atoms with van der Waals surface area (Å²) in [5, 5.41) is 4.66. The minimum absolute atomic E-state index is 0.102. The number of halogens is 2. The molecule has 2 heterocycles. The second kappa shape index (κ2) is 9.92. The van der Waals surface area contributed by atoms with E-state index in [-0.39, 0.29) is 34.6 Å². The lowest BCUT2D eigenvalue weighted by Gasteiger charge is -2.20. The predicted octanol–water partition coefficient (Wildman–Crippen LogP) is 3.63. The van der Waals surface area contributed by atoms with E-state index in [2.05, 4.69) is 14.9 Å². The van der Waals surface area contributed by atoms with Gasteiger partial charge in [0.1, 0.15) is 12.7 Å². The van der Waals surface area contributed by atoms with Gasteiger partial charge in [-0.05, 0) is 35.9 Å². The lowest BCUT2D eigenvalue weighted by molar-refractivity contribution is -0.741. The Kier molecular flexibility index (Phi) is 7.26. The molecule has 168 valence electrons. The van der Waals surface area contributed by atoms with Crippen molar-refractivity contribution in [2.75, 3.05) is 13.7 Å². The Morgan fingerprint density at radius 3 is 2.56 bits per heavy atom. The minimum atomic E-state index is -0.738. The Morgan fingerprint density at radius 1 is 1.19 bits per heavy atom. The van der Waals surface area contributed by atoms with Crippen LogP contribution in [0.4, 0.5) is 5.95 Å². The molecule has 0 radical (unpaired) electrons. The van der Waals surface area contributed by atoms with Crippen LogP contribution in [-0.2, 0) is 22.7 Å². The van der Waals surface area contributed by atoms with Crippen LogP contribution in [-0.4, -0.2) is 43.9 Å². The molecule has 10 nitrogen and oxygen atoms in total. The number of hydrogen-bond donors (Lipinski definition) is 0. The zero-order chi connectivity index (χ0) is 23.4. The van der Waals surface area contributed by atoms with Crippen molar-refractivity contribution in [3.8, 4) is 11.3 Å². The highest BCUT2D eigenvalue weighted by atomic mass is 35.5. The third-order valence-corrected chi connectivity index (χ3v) is 5.30. The average Bonchev–Trinajstić information content (AvgIpc) is 3.23. The lowest BCUT2D eigenvalue weighted by atomic mass is 10.0. The number of esters is 1. The zero-order valence-electron chi connectivity index (χ0n) is 17.5. The fourth-order valence-corrected chi connectivity index (χ4v) is 3.52. The van der Waals surface area contributed by atoms with Crippen molar-refractivity contribution >= 4 is 35.1 Å². The second-order valence-electron chi connectivity index (χ2n) is 6.50. The molecule has 0 amide bonds. The number of benzene rings is 1. The lowest BCUT2D eigenvalue weighted by Crippen LogP contribution is -2.25. The molecule has 2 aromatic heterocycles. The summed E-state index contributed by atoms with van der Waals surface area (Å²) in [5.41, 5.74) is 0.757. The molecule has 0 aliphatic carbocycles. The first-order valence-corrected chi connectivity index (χ1v) is 10.4. The van der Waals surface area contributed by atoms with Crippen LogP contribution >= 0.6 is 23.2 Å². The van der Waals surface area contributed by atoms with Crippen LogP contribution in [0.3, 0.4) is 0 Å². The summed E-state index contributed by atoms with van der Waals surface area (Å²) in [6.45, 7) is 4.14. The summed E-state index contributed by atoms with van der Waals surface area (Å²) in [5.74, 6) is -0.928. The van der Waals surface area contributed by atoms with Gasteiger partial charge in [-0.25, -0.2) is 4.79 Å². The monoisotopic (exact) mass is 480 g/mol. The minimum Gasteiger partial charge on any atom is -0.462 e. The summed E-state index contributed by atoms with van der Waals surface area (Å²) < 4.78 is 8.29. The molecule has 0 atom stereocenters. The van der Waals surface area contributed by atoms with Gasteiger partial charge in [0.15, 0.2) is 10.4 Å². The molecule has 3 rings (SSSR count). The first-order chi connectivity index (χ1) is 15.3. The van der Waals surface area contributed by atoms with Crippen molar-refractivity contribution < 1.29 is 19.3 Å². The molecule has 32 heavy (non-hydrogen) atoms. The normalized spacial score (nSPS) is 10.8. The van der Waals surface area contributed by atoms with E-state index in [4.69, 9.17) is 27.9 Å². The number of carbonyl (C=O) groups excluding carboxylic acids is 1. The summed E-state index contributed by atoms with van der Waals surface area (Å²) in [7, 11) is 1.19. The molecule has 0 aliphatic rings. The van der Waals surface area contributed by atoms with Gasteiger partial charge in [0.05, 0.1) is 28.9 Å². The summed E-state index contributed by atoms with van der Waals surface area (Å²) >= 11 is 12.3. The maximum Gasteiger partial charge on any atom is 0.531 e. The van der Waals surface area contributed by atoms with Gasteiger partial charge in [-0.2, -0.15) is 4.68 Å². The van der Waals surface area contributed by atoms with E-state index in [0.29, 0.717) is 28.5 Å². The first kappa shape index (κ1) is 23.4. The molecule has 0 saturated carbocycles. The highest BCUT2D eigenvalue weighted by Crippen LogP contribution is 2.31. The van der Waals surface area contributed by atoms with Crippen molar-refractivity contribution in [3.05, 3.63) is 67.0 Å². The fraction of sp³-hybridized carbons (Fsp3) is 0.300. The van der Waals surface area contributed by atoms with Crippen molar-refractivity contribution in [2.24, 2.45) is 0 Å². The summed E-state index contributed by atoms with van der Waals surface area (Å²) in [4.78, 5) is 45.8. The van der Waals surface area contributed by atoms with Gasteiger partial charge in [0, 0.05) is 29.0 Å². The molecule has 0 saturated heterocycles. The largest absolute Gasteiger partial charge is 0.531 e. The van der Waals surface area contributed by atoms with Gasteiger partial charge in [0.2, 0.25) is 6.33 Å². The molecule has 3 aromatic rings. The van der Waals surface area contributed by atoms with Crippen molar-refractivity contribution in [2.45, 2.75) is 26.9 Å². The molecular weight excluding hydrogens is 461 g/mol. The van der Waals surface area contributed by atoms with E-state index in [0.717, 1.165) is 0 Å². The summed E-state index contributed by atoms with van der Waals surface area (Å²) in [6, 6.07) is 6.17. The van der Waals surface area contributed by atoms with Gasteiger partial charge in [-0.3, -0.25) is 4.79 Å². The molecule has 0 fully saturated rings. The Bertz CT molecular complexity index is 1240. The fourth-order valence-electron chi connectivity index (χ4n) is 3.23. The molecule has 0 spiro atoms. The highest BCUT2D eigenvalue weighted by Gasteiger charge is 2.25. The highest BCUT2D eigenvalue weighted by molar-refractivity contribution is 6.42. The standard InChI is InChI=1S/C20H20Cl2N5O5/c1-4-26-13(10-25-11-23-20(24-25)27(30)31-3)9-16(28)17(19(29)32-5-2)18(26)12-6-7-14(21)15(22)8-12/h6-9,11H,4-5,10H2,1-3H3/q+1. The summed E-state index contributed by atoms with van der Waals surface area (Å²) in [6.07, 6.45) is 1.34. The third kappa shape index (κ3) is 4.66. The number of nitrogens with zero attached hydrogens (tertiary/aromatic N) is 5. The number of pyridine rings is 1. The number of rotatable bonds is 8. The van der Waals surface area contributed by atoms with Crippen LogP contribution < -0.4 is 5.43 Å². The van der Waals surface area contributed by atoms with E-state index in [1.807, 2.05) is 6.92 Å². The van der Waals surface area contributed by atoms with Gasteiger partial charge < -0.3 is 14.1 Å². The Morgan fingerprint density at radius 2 is 1.94 bits per heavy atom. The Hall–Kier alpha value is -3.24. The SMILES string of the molecule is CCOC(=O)c1c(-c2ccc(Cl)c(Cl)c2)n(CC)c(Cn2cnc([N+](=O)OC)n2)cc1=O. The van der Waals surface area contributed by atoms with E-state index in [9.17, 15) is 14.5 Å². The van der Waals surface area contributed by atoms with Crippen LogP contribution in [0.2, 0.25) is 10.0 Å². The average molecular weight is 481 g/mol. The van der Waals surface area contributed by atoms with Crippen molar-refractivity contribution in [3.63, 3.8) is 0 Å². The Balaban J connectivity index is 2.21. The van der Waals surface area contributed by atoms with E-state index < -0.39 is 11.4 Å². The number of carbonyl (C=O) groups is 1. The number of hydrogen-bond acceptors (Lipinski definition) is 7. The first-order valence-electron chi connectivity index (χ1n) is 9.60. The molecule has 0 unspecified atom stereocenters. The predicted molar refractivity (Wildman–Crippen MR) is 117 cm³/mol. The molecule has 0 aliphatic heterocycles. The van der Waals surface area contributed by atoms with E-state index in [1.54, 1.807) is 29.7 Å². The number of aromatic nitrogens is 4. The molecular formula is C20H20Cl2N5O5+. The second-order valence-corrected chi connectivity index (χ2v) is 7.31. The molecule has 12 heteroatoms. The Labute approximate surface area is 192 Å². The van der Waals surface area contributed by atoms with Crippen molar-refractivity contribution in [1.82, 2.24) is 19.3 Å². The third-order valence-electron chi connectivity index (χ3n) is 4.56. The maximum absolute atomic E-state index is 13.0.